The highest BCUT2D eigenvalue weighted by molar-refractivity contribution is 7.13. The van der Waals surface area contributed by atoms with Crippen LogP contribution in [0.5, 0.6) is 0 Å². The van der Waals surface area contributed by atoms with Crippen LogP contribution in [0.15, 0.2) is 5.38 Å². The Balaban J connectivity index is 1.95. The third-order valence-electron chi connectivity index (χ3n) is 2.66. The zero-order chi connectivity index (χ0) is 9.97. The van der Waals surface area contributed by atoms with Gasteiger partial charge in [-0.2, -0.15) is 0 Å². The van der Waals surface area contributed by atoms with Crippen LogP contribution >= 0.6 is 11.3 Å². The smallest absolute Gasteiger partial charge is 0.183 e. The Kier molecular flexibility index (Phi) is 3.03. The summed E-state index contributed by atoms with van der Waals surface area (Å²) in [5.41, 5.74) is 1.04. The monoisotopic (exact) mass is 212 g/mol. The number of aryl methyl sites for hydroxylation is 1. The summed E-state index contributed by atoms with van der Waals surface area (Å²) in [6, 6.07) is 0.203. The summed E-state index contributed by atoms with van der Waals surface area (Å²) >= 11 is 1.61. The van der Waals surface area contributed by atoms with E-state index in [0.29, 0.717) is 0 Å². The van der Waals surface area contributed by atoms with Crippen LogP contribution in [0.2, 0.25) is 0 Å². The minimum atomic E-state index is -0.201. The quantitative estimate of drug-likeness (QED) is 0.789. The molecule has 0 amide bonds. The molecule has 0 radical (unpaired) electrons. The van der Waals surface area contributed by atoms with E-state index < -0.39 is 0 Å². The third-order valence-corrected chi connectivity index (χ3v) is 3.55. The van der Waals surface area contributed by atoms with Crippen molar-refractivity contribution in [3.8, 4) is 0 Å². The van der Waals surface area contributed by atoms with E-state index in [-0.39, 0.29) is 12.1 Å². The van der Waals surface area contributed by atoms with Crippen LogP contribution in [0.1, 0.15) is 31.4 Å². The minimum Gasteiger partial charge on any atom is -0.391 e. The molecule has 0 saturated heterocycles. The number of aromatic nitrogens is 1. The van der Waals surface area contributed by atoms with Crippen molar-refractivity contribution in [2.75, 3.05) is 5.32 Å². The lowest BCUT2D eigenvalue weighted by atomic mass is 9.93. The molecule has 3 nitrogen and oxygen atoms in total. The first-order chi connectivity index (χ1) is 6.75. The predicted octanol–water partition coefficient (Wildman–Crippen LogP) is 2.17. The Labute approximate surface area is 88.2 Å². The van der Waals surface area contributed by atoms with Gasteiger partial charge in [0.2, 0.25) is 0 Å². The van der Waals surface area contributed by atoms with Crippen LogP contribution in [-0.4, -0.2) is 22.2 Å². The molecule has 1 aliphatic carbocycles. The van der Waals surface area contributed by atoms with Crippen molar-refractivity contribution in [3.63, 3.8) is 0 Å². The van der Waals surface area contributed by atoms with Gasteiger partial charge < -0.3 is 10.4 Å². The van der Waals surface area contributed by atoms with Gasteiger partial charge in [0.25, 0.3) is 0 Å². The SMILES string of the molecule is Cc1csc(NC2CCCCC2O)n1. The third kappa shape index (κ3) is 2.25. The summed E-state index contributed by atoms with van der Waals surface area (Å²) in [6.45, 7) is 1.99. The topological polar surface area (TPSA) is 45.1 Å². The van der Waals surface area contributed by atoms with Gasteiger partial charge in [-0.1, -0.05) is 12.8 Å². The van der Waals surface area contributed by atoms with Crippen molar-refractivity contribution in [3.05, 3.63) is 11.1 Å². The Morgan fingerprint density at radius 2 is 2.29 bits per heavy atom. The molecular formula is C10H16N2OS. The maximum Gasteiger partial charge on any atom is 0.183 e. The van der Waals surface area contributed by atoms with E-state index >= 15 is 0 Å². The Morgan fingerprint density at radius 3 is 2.93 bits per heavy atom. The zero-order valence-corrected chi connectivity index (χ0v) is 9.18. The molecule has 1 saturated carbocycles. The van der Waals surface area contributed by atoms with Crippen LogP contribution in [0.4, 0.5) is 5.13 Å². The summed E-state index contributed by atoms with van der Waals surface area (Å²) in [7, 11) is 0. The van der Waals surface area contributed by atoms with Crippen molar-refractivity contribution in [2.24, 2.45) is 0 Å². The standard InChI is InChI=1S/C10H16N2OS/c1-7-6-14-10(11-7)12-8-4-2-3-5-9(8)13/h6,8-9,13H,2-5H2,1H3,(H,11,12). The zero-order valence-electron chi connectivity index (χ0n) is 8.36. The lowest BCUT2D eigenvalue weighted by Gasteiger charge is -2.28. The molecule has 0 bridgehead atoms. The molecule has 0 aliphatic heterocycles. The van der Waals surface area contributed by atoms with E-state index in [1.807, 2.05) is 12.3 Å². The molecule has 4 heteroatoms. The van der Waals surface area contributed by atoms with E-state index in [9.17, 15) is 5.11 Å². The molecule has 1 aromatic heterocycles. The van der Waals surface area contributed by atoms with E-state index in [1.54, 1.807) is 11.3 Å². The summed E-state index contributed by atoms with van der Waals surface area (Å²) < 4.78 is 0. The second-order valence-corrected chi connectivity index (χ2v) is 4.75. The first-order valence-corrected chi connectivity index (χ1v) is 6.00. The van der Waals surface area contributed by atoms with Crippen LogP contribution < -0.4 is 5.32 Å². The molecule has 78 valence electrons. The average molecular weight is 212 g/mol. The van der Waals surface area contributed by atoms with Gasteiger partial charge in [-0.3, -0.25) is 0 Å². The highest BCUT2D eigenvalue weighted by Gasteiger charge is 2.23. The largest absolute Gasteiger partial charge is 0.391 e. The highest BCUT2D eigenvalue weighted by atomic mass is 32.1. The number of nitrogens with one attached hydrogen (secondary N) is 1. The number of thiazole rings is 1. The van der Waals surface area contributed by atoms with Crippen LogP contribution in [0, 0.1) is 6.92 Å². The lowest BCUT2D eigenvalue weighted by molar-refractivity contribution is 0.116. The van der Waals surface area contributed by atoms with Gasteiger partial charge in [-0.25, -0.2) is 4.98 Å². The van der Waals surface area contributed by atoms with Crippen molar-refractivity contribution < 1.29 is 5.11 Å². The number of nitrogens with zero attached hydrogens (tertiary/aromatic N) is 1. The maximum absolute atomic E-state index is 9.75. The number of aliphatic hydroxyl groups excluding tert-OH is 1. The van der Waals surface area contributed by atoms with Crippen LogP contribution in [0.3, 0.4) is 0 Å². The molecule has 1 fully saturated rings. The second kappa shape index (κ2) is 4.28. The summed E-state index contributed by atoms with van der Waals surface area (Å²) in [6.07, 6.45) is 4.13. The molecule has 0 spiro atoms. The van der Waals surface area contributed by atoms with E-state index in [0.717, 1.165) is 30.1 Å². The molecule has 2 N–H and O–H groups in total. The molecule has 1 aliphatic rings. The van der Waals surface area contributed by atoms with Crippen molar-refractivity contribution in [1.82, 2.24) is 4.98 Å². The van der Waals surface area contributed by atoms with Crippen LogP contribution in [-0.2, 0) is 0 Å². The van der Waals surface area contributed by atoms with Gasteiger partial charge >= 0.3 is 0 Å². The fourth-order valence-electron chi connectivity index (χ4n) is 1.86. The van der Waals surface area contributed by atoms with E-state index in [2.05, 4.69) is 10.3 Å². The van der Waals surface area contributed by atoms with Crippen molar-refractivity contribution in [2.45, 2.75) is 44.8 Å². The molecule has 2 atom stereocenters. The number of rotatable bonds is 2. The lowest BCUT2D eigenvalue weighted by Crippen LogP contribution is -2.36. The van der Waals surface area contributed by atoms with E-state index in [4.69, 9.17) is 0 Å². The summed E-state index contributed by atoms with van der Waals surface area (Å²) in [5, 5.41) is 16.0. The number of hydrogen-bond donors (Lipinski definition) is 2. The van der Waals surface area contributed by atoms with Gasteiger partial charge in [0.1, 0.15) is 0 Å². The first-order valence-electron chi connectivity index (χ1n) is 5.12. The number of aliphatic hydroxyl groups is 1. The Morgan fingerprint density at radius 1 is 1.50 bits per heavy atom. The van der Waals surface area contributed by atoms with E-state index in [1.165, 1.54) is 6.42 Å². The average Bonchev–Trinajstić information content (AvgIpc) is 2.56. The predicted molar refractivity (Wildman–Crippen MR) is 58.7 cm³/mol. The minimum absolute atomic E-state index is 0.201. The first kappa shape index (κ1) is 9.93. The van der Waals surface area contributed by atoms with Crippen molar-refractivity contribution in [1.29, 1.82) is 0 Å². The van der Waals surface area contributed by atoms with Crippen LogP contribution in [0.25, 0.3) is 0 Å². The molecule has 1 heterocycles. The number of anilines is 1. The van der Waals surface area contributed by atoms with Gasteiger partial charge in [-0.05, 0) is 19.8 Å². The summed E-state index contributed by atoms with van der Waals surface area (Å²) in [4.78, 5) is 4.34. The fourth-order valence-corrected chi connectivity index (χ4v) is 2.61. The molecule has 2 unspecified atom stereocenters. The van der Waals surface area contributed by atoms with Gasteiger partial charge in [0, 0.05) is 5.38 Å². The fraction of sp³-hybridized carbons (Fsp3) is 0.700. The second-order valence-electron chi connectivity index (χ2n) is 3.90. The molecular weight excluding hydrogens is 196 g/mol. The molecule has 0 aromatic carbocycles. The van der Waals surface area contributed by atoms with Gasteiger partial charge in [0.15, 0.2) is 5.13 Å². The number of hydrogen-bond acceptors (Lipinski definition) is 4. The summed E-state index contributed by atoms with van der Waals surface area (Å²) in [5.74, 6) is 0. The molecule has 1 aromatic rings. The Bertz CT molecular complexity index is 300. The Hall–Kier alpha value is -0.610. The normalized spacial score (nSPS) is 27.6. The van der Waals surface area contributed by atoms with Gasteiger partial charge in [0.05, 0.1) is 17.8 Å². The highest BCUT2D eigenvalue weighted by Crippen LogP contribution is 2.23. The van der Waals surface area contributed by atoms with Gasteiger partial charge in [-0.15, -0.1) is 11.3 Å². The maximum atomic E-state index is 9.75. The molecule has 2 rings (SSSR count). The van der Waals surface area contributed by atoms with Crippen molar-refractivity contribution >= 4 is 16.5 Å². The molecule has 14 heavy (non-hydrogen) atoms.